The average molecular weight is 359 g/mol. The molecule has 27 heavy (non-hydrogen) atoms. The second kappa shape index (κ2) is 8.01. The molecule has 0 radical (unpaired) electrons. The Balaban J connectivity index is 1.48. The van der Waals surface area contributed by atoms with E-state index in [-0.39, 0.29) is 0 Å². The Hall–Kier alpha value is -3.87. The summed E-state index contributed by atoms with van der Waals surface area (Å²) in [6.45, 7) is 0.513. The van der Waals surface area contributed by atoms with Crippen LogP contribution in [0.5, 0.6) is 11.5 Å². The molecule has 4 rings (SSSR count). The summed E-state index contributed by atoms with van der Waals surface area (Å²) in [4.78, 5) is 4.42. The Morgan fingerprint density at radius 2 is 1.78 bits per heavy atom. The summed E-state index contributed by atoms with van der Waals surface area (Å²) in [7, 11) is 0. The number of hydrogen-bond donors (Lipinski definition) is 2. The molecule has 2 aromatic carbocycles. The Kier molecular flexibility index (Phi) is 4.92. The lowest BCUT2D eigenvalue weighted by molar-refractivity contribution is 0.485. The number of benzene rings is 2. The van der Waals surface area contributed by atoms with Crippen molar-refractivity contribution >= 4 is 17.5 Å². The van der Waals surface area contributed by atoms with Crippen LogP contribution in [0, 0.1) is 0 Å². The number of para-hydroxylation sites is 3. The van der Waals surface area contributed by atoms with Gasteiger partial charge in [-0.05, 0) is 36.4 Å². The van der Waals surface area contributed by atoms with Gasteiger partial charge < -0.3 is 19.8 Å². The SMILES string of the molecule is c1ccc(Oc2ccccc2Nc2nncc(NCc3ccco3)n2)cc1. The van der Waals surface area contributed by atoms with Crippen LogP contribution in [0.3, 0.4) is 0 Å². The molecule has 7 heteroatoms. The van der Waals surface area contributed by atoms with Crippen LogP contribution in [0.25, 0.3) is 0 Å². The molecule has 0 aliphatic rings. The maximum atomic E-state index is 5.94. The molecular weight excluding hydrogens is 342 g/mol. The van der Waals surface area contributed by atoms with Gasteiger partial charge in [-0.15, -0.1) is 5.10 Å². The summed E-state index contributed by atoms with van der Waals surface area (Å²) in [6.07, 6.45) is 3.19. The molecule has 4 aromatic rings. The molecule has 0 saturated heterocycles. The summed E-state index contributed by atoms with van der Waals surface area (Å²) in [5.74, 6) is 3.18. The molecule has 0 aliphatic heterocycles. The van der Waals surface area contributed by atoms with Gasteiger partial charge in [-0.25, -0.2) is 0 Å². The van der Waals surface area contributed by atoms with Crippen molar-refractivity contribution in [3.63, 3.8) is 0 Å². The third-order valence-electron chi connectivity index (χ3n) is 3.69. The summed E-state index contributed by atoms with van der Waals surface area (Å²) < 4.78 is 11.2. The average Bonchev–Trinajstić information content (AvgIpc) is 3.23. The van der Waals surface area contributed by atoms with Crippen molar-refractivity contribution in [1.82, 2.24) is 15.2 Å². The number of aromatic nitrogens is 3. The zero-order valence-electron chi connectivity index (χ0n) is 14.4. The van der Waals surface area contributed by atoms with E-state index in [2.05, 4.69) is 25.8 Å². The van der Waals surface area contributed by atoms with Crippen molar-refractivity contribution < 1.29 is 9.15 Å². The number of ether oxygens (including phenoxy) is 1. The van der Waals surface area contributed by atoms with Gasteiger partial charge in [0.25, 0.3) is 0 Å². The minimum atomic E-state index is 0.364. The summed E-state index contributed by atoms with van der Waals surface area (Å²) in [6, 6.07) is 20.9. The van der Waals surface area contributed by atoms with Crippen molar-refractivity contribution in [2.45, 2.75) is 6.54 Å². The fourth-order valence-corrected chi connectivity index (χ4v) is 2.43. The van der Waals surface area contributed by atoms with Gasteiger partial charge in [0.05, 0.1) is 24.7 Å². The monoisotopic (exact) mass is 359 g/mol. The number of rotatable bonds is 7. The van der Waals surface area contributed by atoms with Crippen molar-refractivity contribution in [2.24, 2.45) is 0 Å². The Bertz CT molecular complexity index is 990. The van der Waals surface area contributed by atoms with Gasteiger partial charge >= 0.3 is 0 Å². The summed E-state index contributed by atoms with van der Waals surface area (Å²) in [5, 5.41) is 14.3. The molecule has 0 atom stereocenters. The van der Waals surface area contributed by atoms with E-state index >= 15 is 0 Å². The van der Waals surface area contributed by atoms with E-state index in [0.717, 1.165) is 17.2 Å². The number of furan rings is 1. The molecule has 0 saturated carbocycles. The van der Waals surface area contributed by atoms with Crippen molar-refractivity contribution in [2.75, 3.05) is 10.6 Å². The second-order valence-corrected chi connectivity index (χ2v) is 5.63. The smallest absolute Gasteiger partial charge is 0.249 e. The van der Waals surface area contributed by atoms with E-state index in [1.807, 2.05) is 66.7 Å². The van der Waals surface area contributed by atoms with Crippen molar-refractivity contribution in [3.8, 4) is 11.5 Å². The first-order valence-electron chi connectivity index (χ1n) is 8.42. The maximum absolute atomic E-state index is 5.94. The fourth-order valence-electron chi connectivity index (χ4n) is 2.43. The maximum Gasteiger partial charge on any atom is 0.249 e. The van der Waals surface area contributed by atoms with E-state index < -0.39 is 0 Å². The molecule has 0 bridgehead atoms. The Labute approximate surface area is 156 Å². The summed E-state index contributed by atoms with van der Waals surface area (Å²) in [5.41, 5.74) is 0.742. The van der Waals surface area contributed by atoms with Crippen LogP contribution >= 0.6 is 0 Å². The standard InChI is InChI=1S/C20H17N5O2/c1-2-7-15(8-3-1)27-18-11-5-4-10-17(18)23-20-24-19(14-22-25-20)21-13-16-9-6-12-26-16/h1-12,14H,13H2,(H2,21,23,24,25). The minimum Gasteiger partial charge on any atom is -0.467 e. The van der Waals surface area contributed by atoms with Crippen molar-refractivity contribution in [1.29, 1.82) is 0 Å². The predicted octanol–water partition coefficient (Wildman–Crippen LogP) is 4.61. The fraction of sp³-hybridized carbons (Fsp3) is 0.0500. The largest absolute Gasteiger partial charge is 0.467 e. The van der Waals surface area contributed by atoms with E-state index in [4.69, 9.17) is 9.15 Å². The molecule has 134 valence electrons. The molecular formula is C20H17N5O2. The van der Waals surface area contributed by atoms with Crippen LogP contribution < -0.4 is 15.4 Å². The number of anilines is 3. The first-order valence-corrected chi connectivity index (χ1v) is 8.42. The molecule has 0 spiro atoms. The normalized spacial score (nSPS) is 10.4. The van der Waals surface area contributed by atoms with Gasteiger partial charge in [-0.2, -0.15) is 10.1 Å². The lowest BCUT2D eigenvalue weighted by Crippen LogP contribution is -2.05. The van der Waals surface area contributed by atoms with Gasteiger partial charge in [-0.3, -0.25) is 0 Å². The first kappa shape index (κ1) is 16.6. The van der Waals surface area contributed by atoms with Crippen LogP contribution in [0.4, 0.5) is 17.5 Å². The zero-order valence-corrected chi connectivity index (χ0v) is 14.4. The molecule has 7 nitrogen and oxygen atoms in total. The Morgan fingerprint density at radius 3 is 2.63 bits per heavy atom. The molecule has 0 unspecified atom stereocenters. The third-order valence-corrected chi connectivity index (χ3v) is 3.69. The molecule has 2 aromatic heterocycles. The Morgan fingerprint density at radius 1 is 0.926 bits per heavy atom. The highest BCUT2D eigenvalue weighted by molar-refractivity contribution is 5.63. The number of hydrogen-bond acceptors (Lipinski definition) is 7. The highest BCUT2D eigenvalue weighted by Crippen LogP contribution is 2.30. The van der Waals surface area contributed by atoms with Crippen molar-refractivity contribution in [3.05, 3.63) is 85.0 Å². The molecule has 2 N–H and O–H groups in total. The van der Waals surface area contributed by atoms with E-state index in [9.17, 15) is 0 Å². The molecule has 2 heterocycles. The van der Waals surface area contributed by atoms with Crippen LogP contribution in [0.1, 0.15) is 5.76 Å². The quantitative estimate of drug-likeness (QED) is 0.498. The number of nitrogens with one attached hydrogen (secondary N) is 2. The van der Waals surface area contributed by atoms with Crippen LogP contribution in [-0.2, 0) is 6.54 Å². The third kappa shape index (κ3) is 4.40. The molecule has 0 amide bonds. The van der Waals surface area contributed by atoms with E-state index in [0.29, 0.717) is 24.1 Å². The van der Waals surface area contributed by atoms with Crippen LogP contribution in [0.2, 0.25) is 0 Å². The minimum absolute atomic E-state index is 0.364. The summed E-state index contributed by atoms with van der Waals surface area (Å²) >= 11 is 0. The van der Waals surface area contributed by atoms with E-state index in [1.54, 1.807) is 12.5 Å². The van der Waals surface area contributed by atoms with Gasteiger partial charge in [0.1, 0.15) is 11.5 Å². The highest BCUT2D eigenvalue weighted by atomic mass is 16.5. The second-order valence-electron chi connectivity index (χ2n) is 5.63. The topological polar surface area (TPSA) is 85.1 Å². The molecule has 0 aliphatic carbocycles. The van der Waals surface area contributed by atoms with Gasteiger partial charge in [0.2, 0.25) is 5.95 Å². The highest BCUT2D eigenvalue weighted by Gasteiger charge is 2.08. The molecule has 0 fully saturated rings. The first-order chi connectivity index (χ1) is 13.4. The van der Waals surface area contributed by atoms with Gasteiger partial charge in [-0.1, -0.05) is 30.3 Å². The van der Waals surface area contributed by atoms with Crippen LogP contribution in [-0.4, -0.2) is 15.2 Å². The van der Waals surface area contributed by atoms with E-state index in [1.165, 1.54) is 0 Å². The lowest BCUT2D eigenvalue weighted by Gasteiger charge is -2.12. The van der Waals surface area contributed by atoms with Crippen LogP contribution in [0.15, 0.2) is 83.6 Å². The number of nitrogens with zero attached hydrogens (tertiary/aromatic N) is 3. The lowest BCUT2D eigenvalue weighted by atomic mass is 10.3. The zero-order chi connectivity index (χ0) is 18.3. The predicted molar refractivity (Wildman–Crippen MR) is 102 cm³/mol. The van der Waals surface area contributed by atoms with Gasteiger partial charge in [0, 0.05) is 0 Å². The van der Waals surface area contributed by atoms with Gasteiger partial charge in [0.15, 0.2) is 11.6 Å².